The summed E-state index contributed by atoms with van der Waals surface area (Å²) in [5, 5.41) is 0. The summed E-state index contributed by atoms with van der Waals surface area (Å²) in [7, 11) is 0. The van der Waals surface area contributed by atoms with Gasteiger partial charge in [0.05, 0.1) is 6.04 Å². The van der Waals surface area contributed by atoms with E-state index in [1.54, 1.807) is 45.2 Å². The van der Waals surface area contributed by atoms with E-state index in [-0.39, 0.29) is 7.58 Å². The normalized spacial score (nSPS) is 12.7. The lowest BCUT2D eigenvalue weighted by molar-refractivity contribution is -0.111. The first-order valence-corrected chi connectivity index (χ1v) is 4.83. The number of halogens is 2. The fraction of sp³-hybridized carbons (Fsp3) is 0.600. The Hall–Kier alpha value is 0.760. The van der Waals surface area contributed by atoms with Gasteiger partial charge in [-0.25, -0.2) is 0 Å². The number of carbonyl (C=O) groups is 2. The third-order valence-corrected chi connectivity index (χ3v) is 2.28. The summed E-state index contributed by atoms with van der Waals surface area (Å²) in [6, 6.07) is -0.473. The SMILES string of the molecule is NC(CCC(=O)I)C(=O)I. The molecule has 3 nitrogen and oxygen atoms in total. The summed E-state index contributed by atoms with van der Waals surface area (Å²) in [6.45, 7) is 0. The van der Waals surface area contributed by atoms with Crippen molar-refractivity contribution >= 4 is 52.8 Å². The van der Waals surface area contributed by atoms with Crippen LogP contribution in [0.3, 0.4) is 0 Å². The van der Waals surface area contributed by atoms with Gasteiger partial charge < -0.3 is 5.73 Å². The first kappa shape index (κ1) is 10.8. The quantitative estimate of drug-likeness (QED) is 0.597. The third kappa shape index (κ3) is 5.54. The number of nitrogens with two attached hydrogens (primary N) is 1. The second-order valence-electron chi connectivity index (χ2n) is 1.80. The summed E-state index contributed by atoms with van der Waals surface area (Å²) in [5.74, 6) is 0. The molecule has 1 atom stereocenters. The Morgan fingerprint density at radius 3 is 2.20 bits per heavy atom. The van der Waals surface area contributed by atoms with Crippen LogP contribution in [0.1, 0.15) is 12.8 Å². The van der Waals surface area contributed by atoms with Gasteiger partial charge in [-0.2, -0.15) is 0 Å². The molecule has 0 aliphatic carbocycles. The molecule has 5 heteroatoms. The van der Waals surface area contributed by atoms with E-state index in [4.69, 9.17) is 5.73 Å². The maximum Gasteiger partial charge on any atom is 0.208 e. The lowest BCUT2D eigenvalue weighted by Crippen LogP contribution is -2.26. The smallest absolute Gasteiger partial charge is 0.208 e. The minimum atomic E-state index is -0.473. The molecule has 1 unspecified atom stereocenters. The lowest BCUT2D eigenvalue weighted by atomic mass is 10.2. The largest absolute Gasteiger partial charge is 0.321 e. The molecule has 0 spiro atoms. The average Bonchev–Trinajstić information content (AvgIpc) is 1.82. The predicted molar refractivity (Wildman–Crippen MR) is 55.3 cm³/mol. The van der Waals surface area contributed by atoms with Crippen molar-refractivity contribution in [3.63, 3.8) is 0 Å². The number of rotatable bonds is 4. The Morgan fingerprint density at radius 2 is 1.90 bits per heavy atom. The van der Waals surface area contributed by atoms with Crippen LogP contribution in [0.25, 0.3) is 0 Å². The van der Waals surface area contributed by atoms with Crippen molar-refractivity contribution in [3.8, 4) is 0 Å². The number of carbonyl (C=O) groups excluding carboxylic acids is 2. The summed E-state index contributed by atoms with van der Waals surface area (Å²) in [6.07, 6.45) is 0.847. The first-order chi connectivity index (χ1) is 4.54. The van der Waals surface area contributed by atoms with Crippen molar-refractivity contribution < 1.29 is 9.59 Å². The van der Waals surface area contributed by atoms with Crippen molar-refractivity contribution in [2.75, 3.05) is 0 Å². The average molecular weight is 367 g/mol. The molecule has 0 heterocycles. The van der Waals surface area contributed by atoms with E-state index >= 15 is 0 Å². The van der Waals surface area contributed by atoms with Crippen molar-refractivity contribution in [2.45, 2.75) is 18.9 Å². The fourth-order valence-electron chi connectivity index (χ4n) is 0.382. The first-order valence-electron chi connectivity index (χ1n) is 2.67. The van der Waals surface area contributed by atoms with Crippen LogP contribution >= 0.6 is 45.2 Å². The standard InChI is InChI=1S/C5H7I2NO2/c6-4(9)2-1-3(8)5(7)10/h3H,1-2,8H2. The van der Waals surface area contributed by atoms with Crippen LogP contribution in [0.15, 0.2) is 0 Å². The van der Waals surface area contributed by atoms with Gasteiger partial charge in [0.25, 0.3) is 0 Å². The molecule has 0 aliphatic heterocycles. The zero-order chi connectivity index (χ0) is 8.15. The molecule has 0 rings (SSSR count). The van der Waals surface area contributed by atoms with Crippen LogP contribution in [-0.2, 0) is 9.59 Å². The molecular weight excluding hydrogens is 360 g/mol. The summed E-state index contributed by atoms with van der Waals surface area (Å²) >= 11 is 3.33. The minimum Gasteiger partial charge on any atom is -0.321 e. The van der Waals surface area contributed by atoms with Gasteiger partial charge in [-0.05, 0) is 29.0 Å². The Kier molecular flexibility index (Phi) is 5.83. The van der Waals surface area contributed by atoms with E-state index in [1.165, 1.54) is 0 Å². The molecule has 0 fully saturated rings. The molecule has 0 aromatic heterocycles. The van der Waals surface area contributed by atoms with Crippen LogP contribution in [0.2, 0.25) is 0 Å². The summed E-state index contributed by atoms with van der Waals surface area (Å²) < 4.78 is -0.0408. The van der Waals surface area contributed by atoms with Crippen molar-refractivity contribution in [1.29, 1.82) is 0 Å². The monoisotopic (exact) mass is 367 g/mol. The molecule has 0 bridgehead atoms. The highest BCUT2D eigenvalue weighted by atomic mass is 127. The van der Waals surface area contributed by atoms with E-state index in [0.717, 1.165) is 0 Å². The fourth-order valence-corrected chi connectivity index (χ4v) is 1.01. The van der Waals surface area contributed by atoms with E-state index in [2.05, 4.69) is 0 Å². The van der Waals surface area contributed by atoms with Gasteiger partial charge in [-0.15, -0.1) is 0 Å². The molecule has 58 valence electrons. The van der Waals surface area contributed by atoms with Gasteiger partial charge in [-0.1, -0.05) is 0 Å². The van der Waals surface area contributed by atoms with Gasteiger partial charge in [0.1, 0.15) is 0 Å². The van der Waals surface area contributed by atoms with E-state index in [1.807, 2.05) is 0 Å². The highest BCUT2D eigenvalue weighted by Crippen LogP contribution is 2.03. The van der Waals surface area contributed by atoms with Crippen LogP contribution < -0.4 is 5.73 Å². The van der Waals surface area contributed by atoms with Crippen LogP contribution in [0, 0.1) is 0 Å². The lowest BCUT2D eigenvalue weighted by Gasteiger charge is -2.01. The highest BCUT2D eigenvalue weighted by molar-refractivity contribution is 14.1. The molecule has 0 saturated carbocycles. The van der Waals surface area contributed by atoms with Crippen LogP contribution in [-0.4, -0.2) is 13.6 Å². The minimum absolute atomic E-state index is 0.0469. The number of hydrogen-bond acceptors (Lipinski definition) is 3. The van der Waals surface area contributed by atoms with Gasteiger partial charge >= 0.3 is 0 Å². The zero-order valence-electron chi connectivity index (χ0n) is 5.14. The van der Waals surface area contributed by atoms with Crippen molar-refractivity contribution in [1.82, 2.24) is 0 Å². The van der Waals surface area contributed by atoms with Crippen LogP contribution in [0.4, 0.5) is 0 Å². The molecule has 0 aliphatic rings. The van der Waals surface area contributed by atoms with Gasteiger partial charge in [0.15, 0.2) is 3.79 Å². The second kappa shape index (κ2) is 5.42. The van der Waals surface area contributed by atoms with Gasteiger partial charge in [0, 0.05) is 29.0 Å². The molecule has 0 aromatic rings. The van der Waals surface area contributed by atoms with E-state index < -0.39 is 6.04 Å². The van der Waals surface area contributed by atoms with E-state index in [9.17, 15) is 9.59 Å². The number of hydrogen-bond donors (Lipinski definition) is 1. The second-order valence-corrected chi connectivity index (χ2v) is 4.07. The highest BCUT2D eigenvalue weighted by Gasteiger charge is 2.10. The Labute approximate surface area is 86.4 Å². The third-order valence-electron chi connectivity index (χ3n) is 0.943. The topological polar surface area (TPSA) is 60.2 Å². The molecule has 10 heavy (non-hydrogen) atoms. The van der Waals surface area contributed by atoms with Gasteiger partial charge in [0.2, 0.25) is 3.79 Å². The predicted octanol–water partition coefficient (Wildman–Crippen LogP) is 1.02. The maximum absolute atomic E-state index is 10.5. The Morgan fingerprint density at radius 1 is 1.40 bits per heavy atom. The summed E-state index contributed by atoms with van der Waals surface area (Å²) in [4.78, 5) is 20.9. The molecule has 0 aromatic carbocycles. The molecule has 0 radical (unpaired) electrons. The van der Waals surface area contributed by atoms with Crippen molar-refractivity contribution in [3.05, 3.63) is 0 Å². The van der Waals surface area contributed by atoms with Crippen LogP contribution in [0.5, 0.6) is 0 Å². The Balaban J connectivity index is 3.49. The Bertz CT molecular complexity index is 149. The van der Waals surface area contributed by atoms with Gasteiger partial charge in [-0.3, -0.25) is 9.59 Å². The van der Waals surface area contributed by atoms with E-state index in [0.29, 0.717) is 12.8 Å². The molecule has 2 N–H and O–H groups in total. The maximum atomic E-state index is 10.5. The molecular formula is C5H7I2NO2. The molecule has 0 amide bonds. The van der Waals surface area contributed by atoms with Crippen molar-refractivity contribution in [2.24, 2.45) is 5.73 Å². The zero-order valence-corrected chi connectivity index (χ0v) is 9.46. The molecule has 0 saturated heterocycles. The summed E-state index contributed by atoms with van der Waals surface area (Å²) in [5.41, 5.74) is 5.35.